The lowest BCUT2D eigenvalue weighted by atomic mass is 10.1. The molecule has 2 aromatic heterocycles. The van der Waals surface area contributed by atoms with E-state index in [2.05, 4.69) is 34.5 Å². The molecule has 1 saturated heterocycles. The largest absolute Gasteiger partial charge is 0.367 e. The second-order valence-corrected chi connectivity index (χ2v) is 9.39. The van der Waals surface area contributed by atoms with Gasteiger partial charge in [0.1, 0.15) is 16.5 Å². The Kier molecular flexibility index (Phi) is 6.40. The Morgan fingerprint density at radius 2 is 1.94 bits per heavy atom. The van der Waals surface area contributed by atoms with E-state index in [1.807, 2.05) is 27.9 Å². The highest BCUT2D eigenvalue weighted by Gasteiger charge is 2.21. The van der Waals surface area contributed by atoms with Crippen molar-refractivity contribution >= 4 is 28.6 Å². The number of amides is 1. The van der Waals surface area contributed by atoms with Gasteiger partial charge in [-0.05, 0) is 49.4 Å². The van der Waals surface area contributed by atoms with Crippen molar-refractivity contribution in [3.8, 4) is 10.6 Å². The fraction of sp³-hybridized carbons (Fsp3) is 0.269. The van der Waals surface area contributed by atoms with E-state index >= 15 is 0 Å². The molecular weight excluding hydrogens is 449 g/mol. The lowest BCUT2D eigenvalue weighted by Crippen LogP contribution is -2.31. The predicted molar refractivity (Wildman–Crippen MR) is 134 cm³/mol. The Bertz CT molecular complexity index is 1310. The number of carbonyl (C=O) groups is 1. The number of carbonyl (C=O) groups excluding carboxylic acids is 1. The van der Waals surface area contributed by atoms with Crippen LogP contribution in [-0.4, -0.2) is 33.8 Å². The zero-order valence-electron chi connectivity index (χ0n) is 19.0. The molecule has 8 heteroatoms. The Hall–Kier alpha value is -3.52. The maximum atomic E-state index is 14.7. The third-order valence-electron chi connectivity index (χ3n) is 6.12. The van der Waals surface area contributed by atoms with Gasteiger partial charge in [0.15, 0.2) is 0 Å². The van der Waals surface area contributed by atoms with Crippen molar-refractivity contribution in [1.82, 2.24) is 14.8 Å². The monoisotopic (exact) mass is 475 g/mol. The number of rotatable bonds is 6. The quantitative estimate of drug-likeness (QED) is 0.386. The molecule has 6 nitrogen and oxygen atoms in total. The second-order valence-electron chi connectivity index (χ2n) is 8.53. The van der Waals surface area contributed by atoms with Crippen LogP contribution in [0.15, 0.2) is 60.2 Å². The van der Waals surface area contributed by atoms with Crippen LogP contribution >= 0.6 is 11.3 Å². The van der Waals surface area contributed by atoms with E-state index in [4.69, 9.17) is 0 Å². The molecule has 1 N–H and O–H groups in total. The number of nitrogens with zero attached hydrogens (tertiary/aromatic N) is 4. The SMILES string of the molecule is Cc1ccccc1Cn1cc(-c2nc(C(=O)Nc3cccc(F)c3N3CCCCC3)cs2)cn1. The highest BCUT2D eigenvalue weighted by molar-refractivity contribution is 7.13. The van der Waals surface area contributed by atoms with Crippen LogP contribution in [0.4, 0.5) is 15.8 Å². The van der Waals surface area contributed by atoms with E-state index in [1.54, 1.807) is 23.7 Å². The van der Waals surface area contributed by atoms with E-state index in [-0.39, 0.29) is 11.7 Å². The van der Waals surface area contributed by atoms with Crippen molar-refractivity contribution in [2.24, 2.45) is 0 Å². The molecule has 174 valence electrons. The first-order valence-electron chi connectivity index (χ1n) is 11.5. The predicted octanol–water partition coefficient (Wildman–Crippen LogP) is 5.75. The minimum Gasteiger partial charge on any atom is -0.367 e. The number of nitrogens with one attached hydrogen (secondary N) is 1. The Morgan fingerprint density at radius 3 is 2.76 bits per heavy atom. The van der Waals surface area contributed by atoms with Crippen molar-refractivity contribution in [3.63, 3.8) is 0 Å². The van der Waals surface area contributed by atoms with Crippen molar-refractivity contribution in [1.29, 1.82) is 0 Å². The van der Waals surface area contributed by atoms with E-state index in [0.717, 1.165) is 42.9 Å². The minimum atomic E-state index is -0.348. The molecule has 0 spiro atoms. The smallest absolute Gasteiger partial charge is 0.275 e. The number of para-hydroxylation sites is 1. The summed E-state index contributed by atoms with van der Waals surface area (Å²) in [5.41, 5.74) is 4.53. The summed E-state index contributed by atoms with van der Waals surface area (Å²) in [6.07, 6.45) is 6.90. The summed E-state index contributed by atoms with van der Waals surface area (Å²) in [7, 11) is 0. The second kappa shape index (κ2) is 9.77. The number of aromatic nitrogens is 3. The Labute approximate surface area is 202 Å². The number of piperidine rings is 1. The first-order valence-corrected chi connectivity index (χ1v) is 12.3. The molecule has 1 aliphatic rings. The van der Waals surface area contributed by atoms with Gasteiger partial charge in [-0.1, -0.05) is 30.3 Å². The third-order valence-corrected chi connectivity index (χ3v) is 7.01. The van der Waals surface area contributed by atoms with Gasteiger partial charge in [-0.3, -0.25) is 9.48 Å². The molecule has 2 aromatic carbocycles. The number of thiazole rings is 1. The lowest BCUT2D eigenvalue weighted by Gasteiger charge is -2.30. The summed E-state index contributed by atoms with van der Waals surface area (Å²) >= 11 is 1.39. The van der Waals surface area contributed by atoms with Crippen LogP contribution in [0.1, 0.15) is 40.9 Å². The molecule has 0 bridgehead atoms. The van der Waals surface area contributed by atoms with Crippen molar-refractivity contribution < 1.29 is 9.18 Å². The zero-order valence-corrected chi connectivity index (χ0v) is 19.8. The molecule has 5 rings (SSSR count). The first kappa shape index (κ1) is 22.3. The van der Waals surface area contributed by atoms with Crippen LogP contribution in [-0.2, 0) is 6.54 Å². The van der Waals surface area contributed by atoms with Crippen LogP contribution in [0.3, 0.4) is 0 Å². The van der Waals surface area contributed by atoms with E-state index in [9.17, 15) is 9.18 Å². The Balaban J connectivity index is 1.31. The van der Waals surface area contributed by atoms with Crippen molar-refractivity contribution in [3.05, 3.63) is 82.9 Å². The van der Waals surface area contributed by atoms with Gasteiger partial charge in [-0.15, -0.1) is 11.3 Å². The Morgan fingerprint density at radius 1 is 1.12 bits per heavy atom. The fourth-order valence-corrected chi connectivity index (χ4v) is 5.05. The van der Waals surface area contributed by atoms with E-state index in [0.29, 0.717) is 23.6 Å². The van der Waals surface area contributed by atoms with Gasteiger partial charge < -0.3 is 10.2 Å². The molecule has 1 fully saturated rings. The lowest BCUT2D eigenvalue weighted by molar-refractivity contribution is 0.102. The van der Waals surface area contributed by atoms with Crippen LogP contribution in [0, 0.1) is 12.7 Å². The maximum Gasteiger partial charge on any atom is 0.275 e. The first-order chi connectivity index (χ1) is 16.6. The number of hydrogen-bond acceptors (Lipinski definition) is 5. The molecule has 3 heterocycles. The highest BCUT2D eigenvalue weighted by atomic mass is 32.1. The molecule has 0 unspecified atom stereocenters. The van der Waals surface area contributed by atoms with Crippen LogP contribution in [0.5, 0.6) is 0 Å². The number of hydrogen-bond donors (Lipinski definition) is 1. The average molecular weight is 476 g/mol. The average Bonchev–Trinajstić information content (AvgIpc) is 3.51. The van der Waals surface area contributed by atoms with Crippen LogP contribution in [0.2, 0.25) is 0 Å². The summed E-state index contributed by atoms with van der Waals surface area (Å²) in [5, 5.41) is 9.78. The molecule has 0 saturated carbocycles. The molecule has 1 aliphatic heterocycles. The molecule has 34 heavy (non-hydrogen) atoms. The molecular formula is C26H26FN5OS. The standard InChI is InChI=1S/C26H26FN5OS/c1-18-8-3-4-9-19(18)15-32-16-20(14-28-32)26-30-23(17-34-26)25(33)29-22-11-7-10-21(27)24(22)31-12-5-2-6-13-31/h3-4,7-11,14,16-17H,2,5-6,12-13,15H2,1H3,(H,29,33). The molecule has 0 aliphatic carbocycles. The summed E-state index contributed by atoms with van der Waals surface area (Å²) in [4.78, 5) is 19.5. The topological polar surface area (TPSA) is 63.1 Å². The molecule has 1 amide bonds. The normalized spacial score (nSPS) is 13.8. The summed E-state index contributed by atoms with van der Waals surface area (Å²) in [6.45, 7) is 4.33. The van der Waals surface area contributed by atoms with Gasteiger partial charge in [0.2, 0.25) is 0 Å². The minimum absolute atomic E-state index is 0.306. The van der Waals surface area contributed by atoms with Gasteiger partial charge in [-0.2, -0.15) is 5.10 Å². The van der Waals surface area contributed by atoms with Gasteiger partial charge in [0.25, 0.3) is 5.91 Å². The van der Waals surface area contributed by atoms with Gasteiger partial charge in [0, 0.05) is 30.2 Å². The number of halogens is 1. The fourth-order valence-electron chi connectivity index (χ4n) is 4.27. The molecule has 4 aromatic rings. The van der Waals surface area contributed by atoms with Crippen molar-refractivity contribution in [2.45, 2.75) is 32.7 Å². The van der Waals surface area contributed by atoms with E-state index < -0.39 is 0 Å². The summed E-state index contributed by atoms with van der Waals surface area (Å²) in [6, 6.07) is 13.0. The number of benzene rings is 2. The highest BCUT2D eigenvalue weighted by Crippen LogP contribution is 2.32. The zero-order chi connectivity index (χ0) is 23.5. The van der Waals surface area contributed by atoms with Crippen LogP contribution in [0.25, 0.3) is 10.6 Å². The molecule has 0 radical (unpaired) electrons. The van der Waals surface area contributed by atoms with Gasteiger partial charge >= 0.3 is 0 Å². The maximum absolute atomic E-state index is 14.7. The van der Waals surface area contributed by atoms with Gasteiger partial charge in [0.05, 0.1) is 24.1 Å². The van der Waals surface area contributed by atoms with Crippen molar-refractivity contribution in [2.75, 3.05) is 23.3 Å². The van der Waals surface area contributed by atoms with E-state index in [1.165, 1.54) is 28.5 Å². The summed E-state index contributed by atoms with van der Waals surface area (Å²) < 4.78 is 16.6. The summed E-state index contributed by atoms with van der Waals surface area (Å²) in [5.74, 6) is -0.668. The number of aryl methyl sites for hydroxylation is 1. The van der Waals surface area contributed by atoms with Gasteiger partial charge in [-0.25, -0.2) is 9.37 Å². The molecule has 0 atom stereocenters. The number of anilines is 2. The third kappa shape index (κ3) is 4.72. The van der Waals surface area contributed by atoms with Crippen LogP contribution < -0.4 is 10.2 Å².